The number of halogens is 1. The maximum atomic E-state index is 14.5. The monoisotopic (exact) mass is 372 g/mol. The summed E-state index contributed by atoms with van der Waals surface area (Å²) in [6.45, 7) is 9.61. The summed E-state index contributed by atoms with van der Waals surface area (Å²) in [7, 11) is 0. The van der Waals surface area contributed by atoms with Crippen LogP contribution in [-0.2, 0) is 0 Å². The number of anilines is 1. The van der Waals surface area contributed by atoms with Gasteiger partial charge in [0.2, 0.25) is 0 Å². The van der Waals surface area contributed by atoms with Gasteiger partial charge < -0.3 is 5.32 Å². The molecule has 0 bridgehead atoms. The predicted octanol–water partition coefficient (Wildman–Crippen LogP) is 4.77. The van der Waals surface area contributed by atoms with E-state index in [4.69, 9.17) is 0 Å². The lowest BCUT2D eigenvalue weighted by molar-refractivity contribution is 0.103. The number of aryl methyl sites for hydroxylation is 3. The van der Waals surface area contributed by atoms with Gasteiger partial charge >= 0.3 is 0 Å². The molecule has 2 heterocycles. The van der Waals surface area contributed by atoms with Crippen LogP contribution in [0.4, 0.5) is 10.1 Å². The number of thiazole rings is 1. The second-order valence-electron chi connectivity index (χ2n) is 6.58. The summed E-state index contributed by atoms with van der Waals surface area (Å²) in [6, 6.07) is 6.48. The van der Waals surface area contributed by atoms with Crippen LogP contribution in [0.2, 0.25) is 0 Å². The van der Waals surface area contributed by atoms with Crippen molar-refractivity contribution in [3.05, 3.63) is 57.0 Å². The number of hydrogen-bond acceptors (Lipinski definition) is 4. The molecule has 0 fully saturated rings. The fraction of sp³-hybridized carbons (Fsp3) is 0.316. The van der Waals surface area contributed by atoms with Gasteiger partial charge in [-0.1, -0.05) is 13.8 Å². The average molecular weight is 372 g/mol. The zero-order valence-electron chi connectivity index (χ0n) is 15.4. The van der Waals surface area contributed by atoms with Crippen molar-refractivity contribution in [2.75, 3.05) is 5.32 Å². The van der Waals surface area contributed by atoms with Gasteiger partial charge in [0.05, 0.1) is 16.4 Å². The molecule has 3 aromatic rings. The molecule has 1 amide bonds. The summed E-state index contributed by atoms with van der Waals surface area (Å²) < 4.78 is 16.1. The maximum absolute atomic E-state index is 14.5. The summed E-state index contributed by atoms with van der Waals surface area (Å²) in [5.74, 6) is -0.458. The van der Waals surface area contributed by atoms with Crippen molar-refractivity contribution in [1.29, 1.82) is 0 Å². The summed E-state index contributed by atoms with van der Waals surface area (Å²) in [4.78, 5) is 17.5. The third-order valence-electron chi connectivity index (χ3n) is 3.96. The fourth-order valence-corrected chi connectivity index (χ4v) is 3.66. The molecular weight excluding hydrogens is 351 g/mol. The lowest BCUT2D eigenvalue weighted by Gasteiger charge is -2.09. The van der Waals surface area contributed by atoms with Gasteiger partial charge in [0, 0.05) is 17.3 Å². The van der Waals surface area contributed by atoms with Gasteiger partial charge in [0.15, 0.2) is 5.82 Å². The number of carbonyl (C=O) groups excluding carboxylic acids is 1. The van der Waals surface area contributed by atoms with Crippen LogP contribution in [0.3, 0.4) is 0 Å². The first kappa shape index (κ1) is 18.3. The van der Waals surface area contributed by atoms with E-state index >= 15 is 0 Å². The summed E-state index contributed by atoms with van der Waals surface area (Å²) in [5, 5.41) is 7.96. The third kappa shape index (κ3) is 3.53. The number of hydrogen-bond donors (Lipinski definition) is 1. The number of nitrogens with zero attached hydrogens (tertiary/aromatic N) is 3. The van der Waals surface area contributed by atoms with Gasteiger partial charge in [-0.05, 0) is 45.0 Å². The minimum Gasteiger partial charge on any atom is -0.321 e. The van der Waals surface area contributed by atoms with E-state index in [0.29, 0.717) is 21.9 Å². The Kier molecular flexibility index (Phi) is 4.91. The Morgan fingerprint density at radius 1 is 1.23 bits per heavy atom. The van der Waals surface area contributed by atoms with Crippen LogP contribution >= 0.6 is 11.3 Å². The van der Waals surface area contributed by atoms with Crippen LogP contribution in [-0.4, -0.2) is 20.7 Å². The molecule has 0 aliphatic rings. The summed E-state index contributed by atoms with van der Waals surface area (Å²) in [5.41, 5.74) is 3.11. The van der Waals surface area contributed by atoms with Crippen LogP contribution in [0.1, 0.15) is 51.5 Å². The largest absolute Gasteiger partial charge is 0.321 e. The molecule has 0 atom stereocenters. The standard InChI is InChI=1S/C19H21FN4OS/c1-10(2)19-21-13(5)17(26-19)18(25)22-14-6-7-16(15(20)9-14)24-12(4)8-11(3)23-24/h6-10H,1-5H3,(H,22,25). The van der Waals surface area contributed by atoms with Crippen molar-refractivity contribution in [1.82, 2.24) is 14.8 Å². The highest BCUT2D eigenvalue weighted by Crippen LogP contribution is 2.26. The van der Waals surface area contributed by atoms with Crippen LogP contribution in [0.25, 0.3) is 5.69 Å². The number of nitrogens with one attached hydrogen (secondary N) is 1. The van der Waals surface area contributed by atoms with Crippen LogP contribution in [0.5, 0.6) is 0 Å². The van der Waals surface area contributed by atoms with Gasteiger partial charge in [-0.25, -0.2) is 14.1 Å². The molecule has 0 spiro atoms. The van der Waals surface area contributed by atoms with Gasteiger partial charge in [-0.3, -0.25) is 4.79 Å². The molecule has 0 saturated carbocycles. The highest BCUT2D eigenvalue weighted by Gasteiger charge is 2.18. The predicted molar refractivity (Wildman–Crippen MR) is 102 cm³/mol. The first-order chi connectivity index (χ1) is 12.3. The van der Waals surface area contributed by atoms with Crippen LogP contribution in [0, 0.1) is 26.6 Å². The van der Waals surface area contributed by atoms with E-state index in [1.54, 1.807) is 16.8 Å². The molecule has 5 nitrogen and oxygen atoms in total. The second kappa shape index (κ2) is 6.99. The molecule has 0 unspecified atom stereocenters. The quantitative estimate of drug-likeness (QED) is 0.718. The lowest BCUT2D eigenvalue weighted by Crippen LogP contribution is -2.12. The Balaban J connectivity index is 1.84. The van der Waals surface area contributed by atoms with Crippen molar-refractivity contribution in [2.45, 2.75) is 40.5 Å². The molecule has 0 saturated heterocycles. The molecule has 0 aliphatic heterocycles. The van der Waals surface area contributed by atoms with Gasteiger partial charge in [0.25, 0.3) is 5.91 Å². The Morgan fingerprint density at radius 3 is 2.50 bits per heavy atom. The average Bonchev–Trinajstić information content (AvgIpc) is 3.10. The Labute approximate surface area is 155 Å². The number of aromatic nitrogens is 3. The normalized spacial score (nSPS) is 11.2. The molecule has 1 aromatic carbocycles. The van der Waals surface area contributed by atoms with E-state index in [9.17, 15) is 9.18 Å². The molecule has 136 valence electrons. The van der Waals surface area contributed by atoms with Gasteiger partial charge in [-0.15, -0.1) is 11.3 Å². The van der Waals surface area contributed by atoms with E-state index in [1.165, 1.54) is 17.4 Å². The minimum atomic E-state index is -0.446. The van der Waals surface area contributed by atoms with E-state index in [2.05, 4.69) is 15.4 Å². The van der Waals surface area contributed by atoms with Gasteiger partial charge in [-0.2, -0.15) is 5.10 Å². The second-order valence-corrected chi connectivity index (χ2v) is 7.61. The molecule has 0 radical (unpaired) electrons. The number of carbonyl (C=O) groups is 1. The van der Waals surface area contributed by atoms with Crippen molar-refractivity contribution in [2.24, 2.45) is 0 Å². The lowest BCUT2D eigenvalue weighted by atomic mass is 10.2. The molecule has 26 heavy (non-hydrogen) atoms. The van der Waals surface area contributed by atoms with Crippen molar-refractivity contribution >= 4 is 22.9 Å². The number of benzene rings is 1. The first-order valence-corrected chi connectivity index (χ1v) is 9.19. The Morgan fingerprint density at radius 2 is 1.96 bits per heavy atom. The third-order valence-corrected chi connectivity index (χ3v) is 5.41. The van der Waals surface area contributed by atoms with Crippen molar-refractivity contribution in [3.8, 4) is 5.69 Å². The smallest absolute Gasteiger partial charge is 0.267 e. The molecular formula is C19H21FN4OS. The van der Waals surface area contributed by atoms with Crippen LogP contribution in [0.15, 0.2) is 24.3 Å². The van der Waals surface area contributed by atoms with E-state index < -0.39 is 5.82 Å². The summed E-state index contributed by atoms with van der Waals surface area (Å²) in [6.07, 6.45) is 0. The maximum Gasteiger partial charge on any atom is 0.267 e. The minimum absolute atomic E-state index is 0.262. The highest BCUT2D eigenvalue weighted by molar-refractivity contribution is 7.14. The van der Waals surface area contributed by atoms with Crippen molar-refractivity contribution < 1.29 is 9.18 Å². The SMILES string of the molecule is Cc1cc(C)n(-c2ccc(NC(=O)c3sc(C(C)C)nc3C)cc2F)n1. The van der Waals surface area contributed by atoms with Gasteiger partial charge in [0.1, 0.15) is 10.6 Å². The zero-order valence-corrected chi connectivity index (χ0v) is 16.2. The zero-order chi connectivity index (χ0) is 19.0. The summed E-state index contributed by atoms with van der Waals surface area (Å²) >= 11 is 1.37. The van der Waals surface area contributed by atoms with E-state index in [1.807, 2.05) is 40.7 Å². The highest BCUT2D eigenvalue weighted by atomic mass is 32.1. The molecule has 2 aromatic heterocycles. The Hall–Kier alpha value is -2.54. The molecule has 0 aliphatic carbocycles. The molecule has 7 heteroatoms. The number of amides is 1. The van der Waals surface area contributed by atoms with Crippen LogP contribution < -0.4 is 5.32 Å². The molecule has 1 N–H and O–H groups in total. The molecule has 3 rings (SSSR count). The van der Waals surface area contributed by atoms with E-state index in [-0.39, 0.29) is 11.8 Å². The topological polar surface area (TPSA) is 59.8 Å². The number of rotatable bonds is 4. The van der Waals surface area contributed by atoms with E-state index in [0.717, 1.165) is 16.4 Å². The fourth-order valence-electron chi connectivity index (χ4n) is 2.69. The van der Waals surface area contributed by atoms with Crippen molar-refractivity contribution in [3.63, 3.8) is 0 Å². The first-order valence-electron chi connectivity index (χ1n) is 8.38. The Bertz CT molecular complexity index is 974.